The molecule has 0 bridgehead atoms. The Hall–Kier alpha value is -1.39. The Labute approximate surface area is 120 Å². The maximum Gasteiger partial charge on any atom is 0.115 e. The highest BCUT2D eigenvalue weighted by atomic mass is 15.2. The lowest BCUT2D eigenvalue weighted by Gasteiger charge is -2.34. The molecule has 4 heteroatoms. The predicted octanol–water partition coefficient (Wildman–Crippen LogP) is 2.21. The molecule has 3 heterocycles. The monoisotopic (exact) mass is 272 g/mol. The largest absolute Gasteiger partial charge is 0.325 e. The Bertz CT molecular complexity index is 575. The van der Waals surface area contributed by atoms with Crippen LogP contribution in [0.2, 0.25) is 0 Å². The first-order valence-electron chi connectivity index (χ1n) is 7.71. The fourth-order valence-corrected chi connectivity index (χ4v) is 3.41. The van der Waals surface area contributed by atoms with E-state index in [0.29, 0.717) is 12.6 Å². The molecule has 0 spiro atoms. The van der Waals surface area contributed by atoms with Crippen LogP contribution in [0.25, 0.3) is 5.52 Å². The zero-order valence-corrected chi connectivity index (χ0v) is 12.3. The fraction of sp³-hybridized carbons (Fsp3) is 0.562. The third kappa shape index (κ3) is 2.45. The van der Waals surface area contributed by atoms with Gasteiger partial charge >= 0.3 is 0 Å². The molecule has 20 heavy (non-hydrogen) atoms. The van der Waals surface area contributed by atoms with Gasteiger partial charge in [0.2, 0.25) is 0 Å². The first kappa shape index (κ1) is 13.6. The molecule has 0 saturated carbocycles. The summed E-state index contributed by atoms with van der Waals surface area (Å²) in [5, 5.41) is 0. The van der Waals surface area contributed by atoms with E-state index in [4.69, 9.17) is 5.73 Å². The standard InChI is InChI=1S/C16H24N4/c1-2-19-9-4-3-6-13(19)10-16-18-12-15-8-5-7-14(11-17)20(15)16/h5,7-8,12-13H,2-4,6,9-11,17H2,1H3. The highest BCUT2D eigenvalue weighted by molar-refractivity contribution is 5.47. The molecular formula is C16H24N4. The Balaban J connectivity index is 1.90. The molecule has 1 aliphatic heterocycles. The molecule has 2 aromatic rings. The number of hydrogen-bond donors (Lipinski definition) is 1. The molecule has 1 unspecified atom stereocenters. The molecule has 1 aliphatic rings. The maximum absolute atomic E-state index is 5.87. The molecule has 4 nitrogen and oxygen atoms in total. The second-order valence-corrected chi connectivity index (χ2v) is 5.64. The van der Waals surface area contributed by atoms with E-state index < -0.39 is 0 Å². The van der Waals surface area contributed by atoms with Crippen LogP contribution in [0.5, 0.6) is 0 Å². The molecule has 0 aromatic carbocycles. The normalized spacial score (nSPS) is 20.6. The second-order valence-electron chi connectivity index (χ2n) is 5.64. The summed E-state index contributed by atoms with van der Waals surface area (Å²) < 4.78 is 2.24. The number of pyridine rings is 1. The number of hydrogen-bond acceptors (Lipinski definition) is 3. The molecule has 1 fully saturated rings. The highest BCUT2D eigenvalue weighted by Gasteiger charge is 2.23. The van der Waals surface area contributed by atoms with E-state index in [-0.39, 0.29) is 0 Å². The first-order valence-corrected chi connectivity index (χ1v) is 7.71. The van der Waals surface area contributed by atoms with Gasteiger partial charge in [0.15, 0.2) is 0 Å². The molecular weight excluding hydrogens is 248 g/mol. The van der Waals surface area contributed by atoms with Crippen LogP contribution < -0.4 is 5.73 Å². The van der Waals surface area contributed by atoms with E-state index in [1.807, 2.05) is 6.20 Å². The van der Waals surface area contributed by atoms with Gasteiger partial charge in [0.05, 0.1) is 11.7 Å². The van der Waals surface area contributed by atoms with Crippen LogP contribution in [-0.2, 0) is 13.0 Å². The Morgan fingerprint density at radius 3 is 3.05 bits per heavy atom. The second kappa shape index (κ2) is 5.94. The SMILES string of the molecule is CCN1CCCCC1Cc1ncc2cccc(CN)n12. The van der Waals surface area contributed by atoms with Crippen molar-refractivity contribution in [2.75, 3.05) is 13.1 Å². The van der Waals surface area contributed by atoms with Gasteiger partial charge < -0.3 is 10.6 Å². The van der Waals surface area contributed by atoms with Crippen LogP contribution in [-0.4, -0.2) is 33.4 Å². The molecule has 2 N–H and O–H groups in total. The number of aromatic nitrogens is 2. The number of likely N-dealkylation sites (N-methyl/N-ethyl adjacent to an activating group) is 1. The van der Waals surface area contributed by atoms with Crippen molar-refractivity contribution in [3.8, 4) is 0 Å². The Morgan fingerprint density at radius 1 is 1.35 bits per heavy atom. The van der Waals surface area contributed by atoms with Gasteiger partial charge in [0.25, 0.3) is 0 Å². The van der Waals surface area contributed by atoms with Crippen molar-refractivity contribution in [1.82, 2.24) is 14.3 Å². The maximum atomic E-state index is 5.87. The van der Waals surface area contributed by atoms with E-state index in [1.54, 1.807) is 0 Å². The number of piperidine rings is 1. The van der Waals surface area contributed by atoms with E-state index in [0.717, 1.165) is 30.0 Å². The predicted molar refractivity (Wildman–Crippen MR) is 81.7 cm³/mol. The van der Waals surface area contributed by atoms with Gasteiger partial charge in [0, 0.05) is 24.7 Å². The third-order valence-electron chi connectivity index (χ3n) is 4.49. The molecule has 0 radical (unpaired) electrons. The molecule has 2 aromatic heterocycles. The average molecular weight is 272 g/mol. The highest BCUT2D eigenvalue weighted by Crippen LogP contribution is 2.21. The summed E-state index contributed by atoms with van der Waals surface area (Å²) >= 11 is 0. The van der Waals surface area contributed by atoms with Gasteiger partial charge in [-0.1, -0.05) is 19.4 Å². The lowest BCUT2D eigenvalue weighted by atomic mass is 9.99. The third-order valence-corrected chi connectivity index (χ3v) is 4.49. The molecule has 3 rings (SSSR count). The summed E-state index contributed by atoms with van der Waals surface area (Å²) in [4.78, 5) is 7.24. The Kier molecular flexibility index (Phi) is 4.03. The Morgan fingerprint density at radius 2 is 2.25 bits per heavy atom. The van der Waals surface area contributed by atoms with Crippen LogP contribution in [0.15, 0.2) is 24.4 Å². The summed E-state index contributed by atoms with van der Waals surface area (Å²) in [7, 11) is 0. The fourth-order valence-electron chi connectivity index (χ4n) is 3.41. The van der Waals surface area contributed by atoms with Crippen molar-refractivity contribution in [3.05, 3.63) is 35.9 Å². The zero-order chi connectivity index (χ0) is 13.9. The number of nitrogens with two attached hydrogens (primary N) is 1. The molecule has 0 aliphatic carbocycles. The van der Waals surface area contributed by atoms with Crippen molar-refractivity contribution in [1.29, 1.82) is 0 Å². The number of nitrogens with zero attached hydrogens (tertiary/aromatic N) is 3. The topological polar surface area (TPSA) is 46.6 Å². The van der Waals surface area contributed by atoms with E-state index in [1.165, 1.54) is 25.8 Å². The summed E-state index contributed by atoms with van der Waals surface area (Å²) in [6, 6.07) is 6.89. The first-order chi connectivity index (χ1) is 9.83. The van der Waals surface area contributed by atoms with Crippen molar-refractivity contribution >= 4 is 5.52 Å². The number of rotatable bonds is 4. The van der Waals surface area contributed by atoms with Crippen molar-refractivity contribution in [2.45, 2.75) is 45.2 Å². The van der Waals surface area contributed by atoms with Crippen LogP contribution in [0.3, 0.4) is 0 Å². The lowest BCUT2D eigenvalue weighted by Crippen LogP contribution is -2.41. The van der Waals surface area contributed by atoms with Crippen molar-refractivity contribution in [3.63, 3.8) is 0 Å². The average Bonchev–Trinajstić information content (AvgIpc) is 2.91. The summed E-state index contributed by atoms with van der Waals surface area (Å²) in [5.74, 6) is 1.16. The number of imidazole rings is 1. The zero-order valence-electron chi connectivity index (χ0n) is 12.3. The lowest BCUT2D eigenvalue weighted by molar-refractivity contribution is 0.153. The van der Waals surface area contributed by atoms with Gasteiger partial charge in [0.1, 0.15) is 5.82 Å². The van der Waals surface area contributed by atoms with Gasteiger partial charge in [-0.2, -0.15) is 0 Å². The molecule has 108 valence electrons. The molecule has 1 saturated heterocycles. The van der Waals surface area contributed by atoms with Crippen molar-refractivity contribution in [2.24, 2.45) is 5.73 Å². The van der Waals surface area contributed by atoms with Gasteiger partial charge in [-0.05, 0) is 38.1 Å². The number of likely N-dealkylation sites (tertiary alicyclic amines) is 1. The minimum Gasteiger partial charge on any atom is -0.325 e. The molecule has 1 atom stereocenters. The van der Waals surface area contributed by atoms with Crippen LogP contribution in [0, 0.1) is 0 Å². The summed E-state index contributed by atoms with van der Waals surface area (Å²) in [6.45, 7) is 5.18. The summed E-state index contributed by atoms with van der Waals surface area (Å²) in [5.41, 5.74) is 8.17. The van der Waals surface area contributed by atoms with Gasteiger partial charge in [-0.15, -0.1) is 0 Å². The van der Waals surface area contributed by atoms with Crippen molar-refractivity contribution < 1.29 is 0 Å². The smallest absolute Gasteiger partial charge is 0.115 e. The molecule has 0 amide bonds. The van der Waals surface area contributed by atoms with Crippen LogP contribution in [0.4, 0.5) is 0 Å². The van der Waals surface area contributed by atoms with E-state index in [9.17, 15) is 0 Å². The number of fused-ring (bicyclic) bond motifs is 1. The van der Waals surface area contributed by atoms with E-state index >= 15 is 0 Å². The van der Waals surface area contributed by atoms with E-state index in [2.05, 4.69) is 39.4 Å². The quantitative estimate of drug-likeness (QED) is 0.928. The minimum absolute atomic E-state index is 0.558. The summed E-state index contributed by atoms with van der Waals surface area (Å²) in [6.07, 6.45) is 6.95. The van der Waals surface area contributed by atoms with Crippen LogP contribution in [0.1, 0.15) is 37.7 Å². The van der Waals surface area contributed by atoms with Crippen LogP contribution >= 0.6 is 0 Å². The minimum atomic E-state index is 0.558. The van der Waals surface area contributed by atoms with Gasteiger partial charge in [-0.25, -0.2) is 4.98 Å². The van der Waals surface area contributed by atoms with Gasteiger partial charge in [-0.3, -0.25) is 4.40 Å².